The summed E-state index contributed by atoms with van der Waals surface area (Å²) < 4.78 is 39.2. The quantitative estimate of drug-likeness (QED) is 0.767. The molecule has 11 heteroatoms. The predicted molar refractivity (Wildman–Crippen MR) is 104 cm³/mol. The number of fused-ring (bicyclic) bond motifs is 3. The van der Waals surface area contributed by atoms with Crippen molar-refractivity contribution in [2.75, 3.05) is 23.4 Å². The average molecular weight is 421 g/mol. The van der Waals surface area contributed by atoms with Crippen LogP contribution in [-0.2, 0) is 9.53 Å². The summed E-state index contributed by atoms with van der Waals surface area (Å²) >= 11 is 0. The molecule has 0 saturated carbocycles. The lowest BCUT2D eigenvalue weighted by Crippen LogP contribution is -2.38. The van der Waals surface area contributed by atoms with Gasteiger partial charge in [-0.15, -0.1) is 0 Å². The molecule has 2 amide bonds. The Morgan fingerprint density at radius 1 is 1.33 bits per heavy atom. The van der Waals surface area contributed by atoms with E-state index in [4.69, 9.17) is 15.2 Å². The number of nitrogens with two attached hydrogens (primary N) is 1. The molecular formula is C19H21F2N5O4. The molecule has 1 fully saturated rings. The van der Waals surface area contributed by atoms with E-state index in [0.29, 0.717) is 29.4 Å². The number of amides is 2. The predicted octanol–water partition coefficient (Wildman–Crippen LogP) is 2.38. The summed E-state index contributed by atoms with van der Waals surface area (Å²) in [4.78, 5) is 28.7. The Kier molecular flexibility index (Phi) is 4.96. The minimum atomic E-state index is -2.76. The van der Waals surface area contributed by atoms with Gasteiger partial charge in [-0.3, -0.25) is 4.79 Å². The van der Waals surface area contributed by atoms with Crippen LogP contribution in [0.25, 0.3) is 11.4 Å². The van der Waals surface area contributed by atoms with Crippen molar-refractivity contribution in [2.45, 2.75) is 38.4 Å². The van der Waals surface area contributed by atoms with Crippen LogP contribution in [0, 0.1) is 0 Å². The van der Waals surface area contributed by atoms with Crippen LogP contribution in [0.4, 0.5) is 25.1 Å². The van der Waals surface area contributed by atoms with E-state index in [-0.39, 0.29) is 18.5 Å². The smallest absolute Gasteiger partial charge is 0.416 e. The summed E-state index contributed by atoms with van der Waals surface area (Å²) in [5, 5.41) is 2.99. The molecule has 0 spiro atoms. The van der Waals surface area contributed by atoms with E-state index in [0.717, 1.165) is 4.90 Å². The van der Waals surface area contributed by atoms with Crippen LogP contribution >= 0.6 is 0 Å². The molecule has 2 aliphatic rings. The Labute approximate surface area is 170 Å². The molecule has 1 aromatic heterocycles. The number of ether oxygens (including phenoxy) is 2. The van der Waals surface area contributed by atoms with E-state index in [1.165, 1.54) is 0 Å². The Hall–Kier alpha value is -3.37. The van der Waals surface area contributed by atoms with Crippen molar-refractivity contribution >= 4 is 23.5 Å². The molecule has 30 heavy (non-hydrogen) atoms. The number of primary amides is 1. The van der Waals surface area contributed by atoms with Crippen molar-refractivity contribution < 1.29 is 27.8 Å². The van der Waals surface area contributed by atoms with Crippen LogP contribution in [0.1, 0.15) is 19.9 Å². The van der Waals surface area contributed by atoms with Crippen molar-refractivity contribution in [3.8, 4) is 17.1 Å². The second-order valence-electron chi connectivity index (χ2n) is 7.32. The van der Waals surface area contributed by atoms with Gasteiger partial charge in [0.05, 0.1) is 11.6 Å². The molecular weight excluding hydrogens is 400 g/mol. The number of hydrogen-bond donors (Lipinski definition) is 2. The zero-order valence-corrected chi connectivity index (χ0v) is 16.3. The van der Waals surface area contributed by atoms with Crippen molar-refractivity contribution in [2.24, 2.45) is 5.73 Å². The van der Waals surface area contributed by atoms with Gasteiger partial charge in [0.1, 0.15) is 36.9 Å². The van der Waals surface area contributed by atoms with Gasteiger partial charge < -0.3 is 25.1 Å². The van der Waals surface area contributed by atoms with Gasteiger partial charge in [0.2, 0.25) is 5.91 Å². The number of imidazole rings is 1. The van der Waals surface area contributed by atoms with Gasteiger partial charge in [-0.05, 0) is 26.0 Å². The molecule has 9 nitrogen and oxygen atoms in total. The van der Waals surface area contributed by atoms with Crippen LogP contribution in [0.2, 0.25) is 0 Å². The van der Waals surface area contributed by atoms with E-state index < -0.39 is 30.5 Å². The Morgan fingerprint density at radius 3 is 2.80 bits per heavy atom. The number of alkyl halides is 2. The van der Waals surface area contributed by atoms with Gasteiger partial charge in [0.15, 0.2) is 5.82 Å². The highest BCUT2D eigenvalue weighted by Gasteiger charge is 2.42. The molecule has 3 N–H and O–H groups in total. The standard InChI is InChI=1S/C19H21F2N5O4/c1-9-7-29-14-5-11(23-10(2)17(22)27)3-4-12(14)18-24-15(6-25(9)18)26-13(16(20)21)8-30-19(26)28/h3-6,9-10,13,16,23H,7-8H2,1-2H3,(H2,22,27)/t9-,10+,13+/m1/s1. The van der Waals surface area contributed by atoms with Crippen LogP contribution in [0.5, 0.6) is 5.75 Å². The lowest BCUT2D eigenvalue weighted by Gasteiger charge is -2.18. The molecule has 0 unspecified atom stereocenters. The number of nitrogens with one attached hydrogen (secondary N) is 1. The number of hydrogen-bond acceptors (Lipinski definition) is 6. The summed E-state index contributed by atoms with van der Waals surface area (Å²) in [5.74, 6) is 0.592. The van der Waals surface area contributed by atoms with E-state index in [2.05, 4.69) is 10.3 Å². The van der Waals surface area contributed by atoms with Gasteiger partial charge in [-0.25, -0.2) is 23.5 Å². The van der Waals surface area contributed by atoms with Gasteiger partial charge in [0, 0.05) is 18.0 Å². The monoisotopic (exact) mass is 421 g/mol. The molecule has 0 radical (unpaired) electrons. The normalized spacial score (nSPS) is 21.4. The first kappa shape index (κ1) is 19.9. The van der Waals surface area contributed by atoms with Gasteiger partial charge in [0.25, 0.3) is 6.43 Å². The molecule has 1 saturated heterocycles. The fourth-order valence-corrected chi connectivity index (χ4v) is 3.45. The minimum Gasteiger partial charge on any atom is -0.491 e. The molecule has 2 aliphatic heterocycles. The van der Waals surface area contributed by atoms with Crippen molar-refractivity contribution in [1.29, 1.82) is 0 Å². The summed E-state index contributed by atoms with van der Waals surface area (Å²) in [6.07, 6.45) is -2.05. The number of rotatable bonds is 5. The topological polar surface area (TPSA) is 112 Å². The number of carbonyl (C=O) groups excluding carboxylic acids is 2. The van der Waals surface area contributed by atoms with E-state index in [1.54, 1.807) is 35.9 Å². The minimum absolute atomic E-state index is 0.0991. The molecule has 3 heterocycles. The highest BCUT2D eigenvalue weighted by Crippen LogP contribution is 2.39. The third-order valence-corrected chi connectivity index (χ3v) is 5.15. The first-order valence-electron chi connectivity index (χ1n) is 9.42. The van der Waals surface area contributed by atoms with Crippen LogP contribution in [0.3, 0.4) is 0 Å². The fourth-order valence-electron chi connectivity index (χ4n) is 3.45. The number of halogens is 2. The average Bonchev–Trinajstić information content (AvgIpc) is 3.26. The molecule has 0 aliphatic carbocycles. The van der Waals surface area contributed by atoms with Gasteiger partial charge in [-0.1, -0.05) is 0 Å². The summed E-state index contributed by atoms with van der Waals surface area (Å²) in [5.41, 5.74) is 6.55. The Morgan fingerprint density at radius 2 is 2.10 bits per heavy atom. The zero-order valence-electron chi connectivity index (χ0n) is 16.3. The van der Waals surface area contributed by atoms with Crippen molar-refractivity contribution in [1.82, 2.24) is 9.55 Å². The number of nitrogens with zero attached hydrogens (tertiary/aromatic N) is 3. The first-order valence-corrected chi connectivity index (χ1v) is 9.42. The fraction of sp³-hybridized carbons (Fsp3) is 0.421. The highest BCUT2D eigenvalue weighted by molar-refractivity contribution is 5.90. The van der Waals surface area contributed by atoms with Crippen molar-refractivity contribution in [3.05, 3.63) is 24.4 Å². The van der Waals surface area contributed by atoms with Crippen LogP contribution in [-0.4, -0.2) is 53.3 Å². The number of anilines is 2. The van der Waals surface area contributed by atoms with E-state index in [1.807, 2.05) is 6.92 Å². The highest BCUT2D eigenvalue weighted by atomic mass is 19.3. The number of benzene rings is 1. The molecule has 1 aromatic carbocycles. The number of aromatic nitrogens is 2. The Balaban J connectivity index is 1.72. The lowest BCUT2D eigenvalue weighted by atomic mass is 10.1. The maximum atomic E-state index is 13.4. The van der Waals surface area contributed by atoms with E-state index >= 15 is 0 Å². The maximum Gasteiger partial charge on any atom is 0.416 e. The van der Waals surface area contributed by atoms with Crippen molar-refractivity contribution in [3.63, 3.8) is 0 Å². The van der Waals surface area contributed by atoms with Crippen LogP contribution in [0.15, 0.2) is 24.4 Å². The first-order chi connectivity index (χ1) is 14.3. The lowest BCUT2D eigenvalue weighted by molar-refractivity contribution is -0.118. The zero-order chi connectivity index (χ0) is 21.6. The molecule has 160 valence electrons. The molecule has 4 rings (SSSR count). The third kappa shape index (κ3) is 3.40. The largest absolute Gasteiger partial charge is 0.491 e. The second kappa shape index (κ2) is 7.47. The molecule has 0 bridgehead atoms. The SMILES string of the molecule is C[C@H](Nc1ccc2c(c1)OC[C@@H](C)n1cc(N3C(=O)OC[C@H]3C(F)F)nc1-2)C(N)=O. The summed E-state index contributed by atoms with van der Waals surface area (Å²) in [7, 11) is 0. The molecule has 2 aromatic rings. The van der Waals surface area contributed by atoms with Crippen LogP contribution < -0.4 is 20.7 Å². The molecule has 3 atom stereocenters. The second-order valence-corrected chi connectivity index (χ2v) is 7.32. The summed E-state index contributed by atoms with van der Waals surface area (Å²) in [6, 6.07) is 3.08. The number of cyclic esters (lactones) is 1. The summed E-state index contributed by atoms with van der Waals surface area (Å²) in [6.45, 7) is 3.45. The number of carbonyl (C=O) groups is 2. The third-order valence-electron chi connectivity index (χ3n) is 5.15. The Bertz CT molecular complexity index is 995. The van der Waals surface area contributed by atoms with E-state index in [9.17, 15) is 18.4 Å². The van der Waals surface area contributed by atoms with Gasteiger partial charge >= 0.3 is 6.09 Å². The van der Waals surface area contributed by atoms with Gasteiger partial charge in [-0.2, -0.15) is 0 Å². The maximum absolute atomic E-state index is 13.4.